The molecule has 0 amide bonds. The van der Waals surface area contributed by atoms with Crippen molar-refractivity contribution in [1.29, 1.82) is 0 Å². The third kappa shape index (κ3) is 3.70. The van der Waals surface area contributed by atoms with Gasteiger partial charge in [0.15, 0.2) is 5.82 Å². The van der Waals surface area contributed by atoms with Crippen LogP contribution in [0.25, 0.3) is 5.69 Å². The lowest BCUT2D eigenvalue weighted by atomic mass is 10.2. The zero-order chi connectivity index (χ0) is 16.1. The maximum Gasteiger partial charge on any atom is 0.311 e. The van der Waals surface area contributed by atoms with Crippen molar-refractivity contribution in [1.82, 2.24) is 20.2 Å². The number of carboxylic acids is 1. The molecule has 2 aromatic carbocycles. The lowest BCUT2D eigenvalue weighted by Crippen LogP contribution is -2.09. The van der Waals surface area contributed by atoms with Gasteiger partial charge in [0, 0.05) is 0 Å². The van der Waals surface area contributed by atoms with Crippen LogP contribution >= 0.6 is 0 Å². The first-order chi connectivity index (χ1) is 11.2. The minimum Gasteiger partial charge on any atom is -0.489 e. The number of ether oxygens (including phenoxy) is 1. The molecular weight excluding hydrogens is 296 g/mol. The molecule has 0 aliphatic rings. The quantitative estimate of drug-likeness (QED) is 0.747. The zero-order valence-electron chi connectivity index (χ0n) is 12.2. The Balaban J connectivity index is 1.70. The second-order valence-electron chi connectivity index (χ2n) is 4.85. The summed E-state index contributed by atoms with van der Waals surface area (Å²) in [6.07, 6.45) is -0.237. The molecule has 1 heterocycles. The van der Waals surface area contributed by atoms with Gasteiger partial charge >= 0.3 is 5.97 Å². The average Bonchev–Trinajstić information content (AvgIpc) is 3.02. The highest BCUT2D eigenvalue weighted by Crippen LogP contribution is 2.17. The summed E-state index contributed by atoms with van der Waals surface area (Å²) in [4.78, 5) is 10.8. The van der Waals surface area contributed by atoms with Crippen LogP contribution in [0.5, 0.6) is 5.75 Å². The van der Waals surface area contributed by atoms with E-state index in [1.54, 1.807) is 24.3 Å². The molecule has 116 valence electrons. The molecule has 0 unspecified atom stereocenters. The van der Waals surface area contributed by atoms with E-state index >= 15 is 0 Å². The van der Waals surface area contributed by atoms with Crippen LogP contribution in [0, 0.1) is 0 Å². The van der Waals surface area contributed by atoms with Gasteiger partial charge in [0.25, 0.3) is 0 Å². The summed E-state index contributed by atoms with van der Waals surface area (Å²) in [6, 6.07) is 17.0. The van der Waals surface area contributed by atoms with E-state index in [9.17, 15) is 4.79 Å². The first-order valence-electron chi connectivity index (χ1n) is 6.98. The van der Waals surface area contributed by atoms with E-state index in [0.717, 1.165) is 5.56 Å². The molecule has 1 N–H and O–H groups in total. The minimum absolute atomic E-state index is 0.237. The fourth-order valence-electron chi connectivity index (χ4n) is 2.08. The van der Waals surface area contributed by atoms with E-state index in [0.29, 0.717) is 18.0 Å². The molecular formula is C16H14N4O3. The number of carbonyl (C=O) groups is 1. The van der Waals surface area contributed by atoms with Gasteiger partial charge in [-0.2, -0.15) is 4.68 Å². The number of aromatic nitrogens is 4. The number of benzene rings is 2. The van der Waals surface area contributed by atoms with E-state index in [1.807, 2.05) is 30.3 Å². The van der Waals surface area contributed by atoms with Crippen molar-refractivity contribution in [3.05, 3.63) is 66.0 Å². The highest BCUT2D eigenvalue weighted by atomic mass is 16.5. The van der Waals surface area contributed by atoms with Gasteiger partial charge in [-0.3, -0.25) is 4.79 Å². The monoisotopic (exact) mass is 310 g/mol. The predicted molar refractivity (Wildman–Crippen MR) is 81.3 cm³/mol. The fourth-order valence-corrected chi connectivity index (χ4v) is 2.08. The van der Waals surface area contributed by atoms with E-state index in [4.69, 9.17) is 9.84 Å². The van der Waals surface area contributed by atoms with Crippen molar-refractivity contribution in [3.63, 3.8) is 0 Å². The van der Waals surface area contributed by atoms with Crippen LogP contribution in [0.1, 0.15) is 11.4 Å². The van der Waals surface area contributed by atoms with Crippen LogP contribution < -0.4 is 4.74 Å². The maximum atomic E-state index is 10.8. The second-order valence-corrected chi connectivity index (χ2v) is 4.85. The largest absolute Gasteiger partial charge is 0.489 e. The third-order valence-electron chi connectivity index (χ3n) is 3.17. The Hall–Kier alpha value is -3.22. The molecule has 0 saturated carbocycles. The Bertz CT molecular complexity index is 785. The highest BCUT2D eigenvalue weighted by molar-refractivity contribution is 5.69. The molecule has 0 radical (unpaired) electrons. The van der Waals surface area contributed by atoms with Crippen molar-refractivity contribution < 1.29 is 14.6 Å². The molecule has 0 bridgehead atoms. The first kappa shape index (κ1) is 14.7. The SMILES string of the molecule is O=C(O)Cc1nnnn1-c1ccc(OCc2ccccc2)cc1. The van der Waals surface area contributed by atoms with Gasteiger partial charge in [-0.25, -0.2) is 0 Å². The number of aliphatic carboxylic acids is 1. The molecule has 0 atom stereocenters. The van der Waals surface area contributed by atoms with Crippen LogP contribution in [0.3, 0.4) is 0 Å². The first-order valence-corrected chi connectivity index (χ1v) is 6.98. The zero-order valence-corrected chi connectivity index (χ0v) is 12.2. The fraction of sp³-hybridized carbons (Fsp3) is 0.125. The molecule has 23 heavy (non-hydrogen) atoms. The molecule has 3 rings (SSSR count). The van der Waals surface area contributed by atoms with Gasteiger partial charge in [-0.05, 0) is 40.3 Å². The molecule has 0 spiro atoms. The summed E-state index contributed by atoms with van der Waals surface area (Å²) in [6.45, 7) is 0.481. The Morgan fingerprint density at radius 1 is 1.09 bits per heavy atom. The third-order valence-corrected chi connectivity index (χ3v) is 3.17. The van der Waals surface area contributed by atoms with Gasteiger partial charge in [0.1, 0.15) is 18.8 Å². The number of hydrogen-bond acceptors (Lipinski definition) is 5. The van der Waals surface area contributed by atoms with Crippen molar-refractivity contribution in [2.24, 2.45) is 0 Å². The van der Waals surface area contributed by atoms with Crippen molar-refractivity contribution >= 4 is 5.97 Å². The topological polar surface area (TPSA) is 90.1 Å². The number of rotatable bonds is 6. The highest BCUT2D eigenvalue weighted by Gasteiger charge is 2.11. The lowest BCUT2D eigenvalue weighted by molar-refractivity contribution is -0.136. The Kier molecular flexibility index (Phi) is 4.28. The molecule has 0 aliphatic heterocycles. The van der Waals surface area contributed by atoms with E-state index < -0.39 is 5.97 Å². The summed E-state index contributed by atoms with van der Waals surface area (Å²) in [5.41, 5.74) is 1.76. The maximum absolute atomic E-state index is 10.8. The average molecular weight is 310 g/mol. The van der Waals surface area contributed by atoms with Gasteiger partial charge in [-0.15, -0.1) is 5.10 Å². The number of nitrogens with zero attached hydrogens (tertiary/aromatic N) is 4. The molecule has 7 heteroatoms. The summed E-state index contributed by atoms with van der Waals surface area (Å²) in [7, 11) is 0. The summed E-state index contributed by atoms with van der Waals surface area (Å²) in [5, 5.41) is 19.9. The summed E-state index contributed by atoms with van der Waals surface area (Å²) >= 11 is 0. The van der Waals surface area contributed by atoms with E-state index in [2.05, 4.69) is 15.5 Å². The standard InChI is InChI=1S/C16H14N4O3/c21-16(22)10-15-17-18-19-20(15)13-6-8-14(9-7-13)23-11-12-4-2-1-3-5-12/h1-9H,10-11H2,(H,21,22). The summed E-state index contributed by atoms with van der Waals surface area (Å²) in [5.74, 6) is 0.00443. The Morgan fingerprint density at radius 3 is 2.52 bits per heavy atom. The Labute approximate surface area is 132 Å². The molecule has 3 aromatic rings. The van der Waals surface area contributed by atoms with Crippen LogP contribution in [0.4, 0.5) is 0 Å². The number of hydrogen-bond donors (Lipinski definition) is 1. The van der Waals surface area contributed by atoms with Crippen LogP contribution in [-0.4, -0.2) is 31.3 Å². The summed E-state index contributed by atoms with van der Waals surface area (Å²) < 4.78 is 7.10. The lowest BCUT2D eigenvalue weighted by Gasteiger charge is -2.08. The van der Waals surface area contributed by atoms with Crippen LogP contribution in [0.2, 0.25) is 0 Å². The van der Waals surface area contributed by atoms with Gasteiger partial charge in [-0.1, -0.05) is 30.3 Å². The molecule has 0 saturated heterocycles. The van der Waals surface area contributed by atoms with Gasteiger partial charge < -0.3 is 9.84 Å². The number of carboxylic acid groups (broad SMARTS) is 1. The van der Waals surface area contributed by atoms with Crippen molar-refractivity contribution in [2.45, 2.75) is 13.0 Å². The van der Waals surface area contributed by atoms with Crippen LogP contribution in [0.15, 0.2) is 54.6 Å². The van der Waals surface area contributed by atoms with Gasteiger partial charge in [0.05, 0.1) is 5.69 Å². The van der Waals surface area contributed by atoms with Crippen LogP contribution in [-0.2, 0) is 17.8 Å². The molecule has 0 aliphatic carbocycles. The minimum atomic E-state index is -0.983. The van der Waals surface area contributed by atoms with E-state index in [1.165, 1.54) is 4.68 Å². The van der Waals surface area contributed by atoms with Crippen molar-refractivity contribution in [3.8, 4) is 11.4 Å². The smallest absolute Gasteiger partial charge is 0.311 e. The normalized spacial score (nSPS) is 10.4. The van der Waals surface area contributed by atoms with Crippen molar-refractivity contribution in [2.75, 3.05) is 0 Å². The van der Waals surface area contributed by atoms with Gasteiger partial charge in [0.2, 0.25) is 0 Å². The number of tetrazole rings is 1. The molecule has 0 fully saturated rings. The van der Waals surface area contributed by atoms with E-state index in [-0.39, 0.29) is 12.2 Å². The molecule has 1 aromatic heterocycles. The molecule has 7 nitrogen and oxygen atoms in total. The Morgan fingerprint density at radius 2 is 1.83 bits per heavy atom. The predicted octanol–water partition coefficient (Wildman–Crippen LogP) is 1.87. The second kappa shape index (κ2) is 6.69.